The first kappa shape index (κ1) is 13.3. The molecule has 1 aromatic rings. The molecule has 0 bridgehead atoms. The van der Waals surface area contributed by atoms with Gasteiger partial charge in [0.25, 0.3) is 0 Å². The molecule has 3 nitrogen and oxygen atoms in total. The largest absolute Gasteiger partial charge is 0.461 e. The van der Waals surface area contributed by atoms with Crippen molar-refractivity contribution < 1.29 is 23.1 Å². The van der Waals surface area contributed by atoms with E-state index in [9.17, 15) is 18.4 Å². The molecule has 0 aliphatic heterocycles. The molecule has 0 aromatic heterocycles. The smallest absolute Gasteiger partial charge is 0.381 e. The number of hydrogen-bond acceptors (Lipinski definition) is 3. The molecule has 0 saturated carbocycles. The number of benzene rings is 1. The maximum atomic E-state index is 13.5. The lowest BCUT2D eigenvalue weighted by Crippen LogP contribution is -2.28. The summed E-state index contributed by atoms with van der Waals surface area (Å²) in [6.45, 7) is 2.67. The van der Waals surface area contributed by atoms with Gasteiger partial charge in [0.2, 0.25) is 0 Å². The molecule has 0 aliphatic carbocycles. The second kappa shape index (κ2) is 5.03. The first-order valence-corrected chi connectivity index (χ1v) is 5.06. The van der Waals surface area contributed by atoms with Crippen molar-refractivity contribution in [3.05, 3.63) is 35.4 Å². The topological polar surface area (TPSA) is 43.4 Å². The van der Waals surface area contributed by atoms with Gasteiger partial charge in [-0.3, -0.25) is 4.79 Å². The number of alkyl halides is 2. The third-order valence-electron chi connectivity index (χ3n) is 2.19. The van der Waals surface area contributed by atoms with E-state index in [-0.39, 0.29) is 12.4 Å². The van der Waals surface area contributed by atoms with Gasteiger partial charge in [-0.25, -0.2) is 4.79 Å². The summed E-state index contributed by atoms with van der Waals surface area (Å²) in [4.78, 5) is 22.0. The molecule has 0 fully saturated rings. The molecule has 0 atom stereocenters. The Balaban J connectivity index is 2.99. The quantitative estimate of drug-likeness (QED) is 0.602. The van der Waals surface area contributed by atoms with E-state index >= 15 is 0 Å². The fourth-order valence-electron chi connectivity index (χ4n) is 1.25. The number of hydrogen-bond donors (Lipinski definition) is 0. The van der Waals surface area contributed by atoms with Gasteiger partial charge in [-0.15, -0.1) is 0 Å². The van der Waals surface area contributed by atoms with Gasteiger partial charge >= 0.3 is 11.9 Å². The van der Waals surface area contributed by atoms with Crippen LogP contribution in [0, 0.1) is 0 Å². The van der Waals surface area contributed by atoms with Crippen molar-refractivity contribution in [1.29, 1.82) is 0 Å². The third kappa shape index (κ3) is 2.87. The molecule has 5 heteroatoms. The summed E-state index contributed by atoms with van der Waals surface area (Å²) >= 11 is 0. The summed E-state index contributed by atoms with van der Waals surface area (Å²) in [5, 5.41) is 0. The number of halogens is 2. The molecule has 0 unspecified atom stereocenters. The van der Waals surface area contributed by atoms with Crippen LogP contribution in [0.25, 0.3) is 0 Å². The average Bonchev–Trinajstić information content (AvgIpc) is 2.29. The molecule has 0 heterocycles. The fraction of sp³-hybridized carbons (Fsp3) is 0.333. The predicted octanol–water partition coefficient (Wildman–Crippen LogP) is 2.54. The number of ketones is 1. The van der Waals surface area contributed by atoms with Crippen LogP contribution in [0.15, 0.2) is 24.3 Å². The number of carbonyl (C=O) groups is 2. The monoisotopic (exact) mass is 242 g/mol. The third-order valence-corrected chi connectivity index (χ3v) is 2.19. The van der Waals surface area contributed by atoms with Crippen molar-refractivity contribution in [2.75, 3.05) is 6.61 Å². The molecule has 0 spiro atoms. The van der Waals surface area contributed by atoms with Crippen LogP contribution in [0.4, 0.5) is 8.78 Å². The maximum Gasteiger partial charge on any atom is 0.381 e. The second-order valence-corrected chi connectivity index (χ2v) is 3.43. The van der Waals surface area contributed by atoms with Gasteiger partial charge in [-0.1, -0.05) is 24.3 Å². The number of esters is 1. The molecule has 0 aliphatic rings. The van der Waals surface area contributed by atoms with Gasteiger partial charge < -0.3 is 4.74 Å². The van der Waals surface area contributed by atoms with Crippen LogP contribution >= 0.6 is 0 Å². The van der Waals surface area contributed by atoms with E-state index in [1.54, 1.807) is 0 Å². The summed E-state index contributed by atoms with van der Waals surface area (Å²) in [5.41, 5.74) is -0.172. The summed E-state index contributed by atoms with van der Waals surface area (Å²) in [5.74, 6) is -5.50. The van der Waals surface area contributed by atoms with Crippen LogP contribution in [-0.2, 0) is 15.5 Å². The predicted molar refractivity (Wildman–Crippen MR) is 57.0 cm³/mol. The number of rotatable bonds is 4. The first-order valence-electron chi connectivity index (χ1n) is 5.06. The van der Waals surface area contributed by atoms with E-state index in [0.717, 1.165) is 12.1 Å². The van der Waals surface area contributed by atoms with Crippen molar-refractivity contribution in [2.45, 2.75) is 19.8 Å². The van der Waals surface area contributed by atoms with E-state index in [2.05, 4.69) is 4.74 Å². The Kier molecular flexibility index (Phi) is 3.93. The minimum atomic E-state index is -3.69. The van der Waals surface area contributed by atoms with Crippen molar-refractivity contribution >= 4 is 11.8 Å². The average molecular weight is 242 g/mol. The molecular weight excluding hydrogens is 230 g/mol. The Labute approximate surface area is 97.4 Å². The zero-order chi connectivity index (χ0) is 13.1. The zero-order valence-corrected chi connectivity index (χ0v) is 9.50. The molecule has 92 valence electrons. The van der Waals surface area contributed by atoms with Crippen molar-refractivity contribution in [2.24, 2.45) is 0 Å². The highest BCUT2D eigenvalue weighted by molar-refractivity contribution is 5.94. The van der Waals surface area contributed by atoms with Gasteiger partial charge in [0.05, 0.1) is 6.61 Å². The molecule has 0 radical (unpaired) electrons. The van der Waals surface area contributed by atoms with Crippen LogP contribution in [0.3, 0.4) is 0 Å². The van der Waals surface area contributed by atoms with Crippen molar-refractivity contribution in [3.8, 4) is 0 Å². The van der Waals surface area contributed by atoms with Gasteiger partial charge in [-0.2, -0.15) is 8.78 Å². The molecule has 1 aromatic carbocycles. The SMILES string of the molecule is CCOC(=O)C(F)(F)c1ccc(C(C)=O)cc1. The Morgan fingerprint density at radius 1 is 1.24 bits per heavy atom. The van der Waals surface area contributed by atoms with Crippen LogP contribution < -0.4 is 0 Å². The minimum absolute atomic E-state index is 0.111. The number of Topliss-reactive ketones (excluding diaryl/α,β-unsaturated/α-hetero) is 1. The normalized spacial score (nSPS) is 11.1. The highest BCUT2D eigenvalue weighted by atomic mass is 19.3. The lowest BCUT2D eigenvalue weighted by Gasteiger charge is -2.14. The summed E-state index contributed by atoms with van der Waals surface area (Å²) in [7, 11) is 0. The van der Waals surface area contributed by atoms with Gasteiger partial charge in [0.1, 0.15) is 0 Å². The fourth-order valence-corrected chi connectivity index (χ4v) is 1.25. The lowest BCUT2D eigenvalue weighted by molar-refractivity contribution is -0.173. The van der Waals surface area contributed by atoms with Gasteiger partial charge in [0, 0.05) is 11.1 Å². The van der Waals surface area contributed by atoms with Gasteiger partial charge in [-0.05, 0) is 13.8 Å². The van der Waals surface area contributed by atoms with Crippen molar-refractivity contribution in [3.63, 3.8) is 0 Å². The molecular formula is C12H12F2O3. The highest BCUT2D eigenvalue weighted by Gasteiger charge is 2.42. The van der Waals surface area contributed by atoms with Gasteiger partial charge in [0.15, 0.2) is 5.78 Å². The Bertz CT molecular complexity index is 424. The Morgan fingerprint density at radius 3 is 2.18 bits per heavy atom. The zero-order valence-electron chi connectivity index (χ0n) is 9.50. The van der Waals surface area contributed by atoms with E-state index in [1.165, 1.54) is 26.0 Å². The molecule has 0 amide bonds. The van der Waals surface area contributed by atoms with Crippen LogP contribution in [0.1, 0.15) is 29.8 Å². The van der Waals surface area contributed by atoms with E-state index in [4.69, 9.17) is 0 Å². The second-order valence-electron chi connectivity index (χ2n) is 3.43. The minimum Gasteiger partial charge on any atom is -0.461 e. The first-order chi connectivity index (χ1) is 7.89. The number of carbonyl (C=O) groups excluding carboxylic acids is 2. The molecule has 1 rings (SSSR count). The Morgan fingerprint density at radius 2 is 1.76 bits per heavy atom. The van der Waals surface area contributed by atoms with Crippen LogP contribution in [0.5, 0.6) is 0 Å². The van der Waals surface area contributed by atoms with E-state index in [0.29, 0.717) is 5.56 Å². The number of ether oxygens (including phenoxy) is 1. The molecule has 17 heavy (non-hydrogen) atoms. The summed E-state index contributed by atoms with van der Waals surface area (Å²) < 4.78 is 31.3. The lowest BCUT2D eigenvalue weighted by atomic mass is 10.0. The summed E-state index contributed by atoms with van der Waals surface area (Å²) in [6.07, 6.45) is 0. The standard InChI is InChI=1S/C12H12F2O3/c1-3-17-11(16)12(13,14)10-6-4-9(5-7-10)8(2)15/h4-7H,3H2,1-2H3. The molecule has 0 saturated heterocycles. The Hall–Kier alpha value is -1.78. The summed E-state index contributed by atoms with van der Waals surface area (Å²) in [6, 6.07) is 4.61. The van der Waals surface area contributed by atoms with E-state index < -0.39 is 17.5 Å². The van der Waals surface area contributed by atoms with Crippen molar-refractivity contribution in [1.82, 2.24) is 0 Å². The van der Waals surface area contributed by atoms with Crippen LogP contribution in [0.2, 0.25) is 0 Å². The highest BCUT2D eigenvalue weighted by Crippen LogP contribution is 2.29. The van der Waals surface area contributed by atoms with Crippen LogP contribution in [-0.4, -0.2) is 18.4 Å². The molecule has 0 N–H and O–H groups in total. The van der Waals surface area contributed by atoms with E-state index in [1.807, 2.05) is 0 Å². The maximum absolute atomic E-state index is 13.5.